The largest absolute Gasteiger partial charge is 0.392 e. The van der Waals surface area contributed by atoms with Crippen molar-refractivity contribution in [3.8, 4) is 0 Å². The van der Waals surface area contributed by atoms with Gasteiger partial charge in [0.2, 0.25) is 5.91 Å². The second-order valence-corrected chi connectivity index (χ2v) is 6.37. The van der Waals surface area contributed by atoms with Gasteiger partial charge in [0.05, 0.1) is 11.5 Å². The van der Waals surface area contributed by atoms with Gasteiger partial charge in [-0.3, -0.25) is 14.9 Å². The number of aliphatic hydroxyl groups is 1. The van der Waals surface area contributed by atoms with Crippen LogP contribution in [0.1, 0.15) is 18.9 Å². The molecule has 0 unspecified atom stereocenters. The van der Waals surface area contributed by atoms with E-state index in [-0.39, 0.29) is 24.1 Å². The molecule has 7 heteroatoms. The molecule has 7 nitrogen and oxygen atoms in total. The lowest BCUT2D eigenvalue weighted by atomic mass is 10.1. The minimum Gasteiger partial charge on any atom is -0.392 e. The van der Waals surface area contributed by atoms with Gasteiger partial charge in [0.15, 0.2) is 0 Å². The van der Waals surface area contributed by atoms with Gasteiger partial charge in [-0.15, -0.1) is 0 Å². The van der Waals surface area contributed by atoms with Gasteiger partial charge in [-0.05, 0) is 30.0 Å². The molecule has 3 rings (SSSR count). The van der Waals surface area contributed by atoms with E-state index in [2.05, 4.69) is 6.92 Å². The number of carbonyl (C=O) groups is 1. The van der Waals surface area contributed by atoms with Crippen LogP contribution in [0.25, 0.3) is 0 Å². The minimum atomic E-state index is -0.403. The molecule has 0 spiro atoms. The van der Waals surface area contributed by atoms with Crippen molar-refractivity contribution in [3.05, 3.63) is 33.9 Å². The second kappa shape index (κ2) is 6.16. The average Bonchev–Trinajstić information content (AvgIpc) is 3.30. The fourth-order valence-corrected chi connectivity index (χ4v) is 3.14. The topological polar surface area (TPSA) is 86.9 Å². The maximum Gasteiger partial charge on any atom is 0.292 e. The Morgan fingerprint density at radius 2 is 2.00 bits per heavy atom. The quantitative estimate of drug-likeness (QED) is 0.669. The van der Waals surface area contributed by atoms with E-state index in [1.54, 1.807) is 12.1 Å². The van der Waals surface area contributed by atoms with Crippen LogP contribution in [-0.4, -0.2) is 47.0 Å². The zero-order chi connectivity index (χ0) is 16.6. The van der Waals surface area contributed by atoms with Gasteiger partial charge in [-0.2, -0.15) is 0 Å². The number of amides is 1. The number of piperazine rings is 1. The van der Waals surface area contributed by atoms with Crippen molar-refractivity contribution in [2.75, 3.05) is 31.1 Å². The fourth-order valence-electron chi connectivity index (χ4n) is 3.14. The summed E-state index contributed by atoms with van der Waals surface area (Å²) in [7, 11) is 0. The van der Waals surface area contributed by atoms with Crippen LogP contribution < -0.4 is 4.90 Å². The second-order valence-electron chi connectivity index (χ2n) is 6.37. The smallest absolute Gasteiger partial charge is 0.292 e. The standard InChI is InChI=1S/C16H21N3O4/c1-11-8-13(11)16(21)18-6-4-17(5-7-18)15-9-12(10-20)2-3-14(15)19(22)23/h2-3,9,11,13,20H,4-8,10H2,1H3/t11-,13+/m1/s1. The van der Waals surface area contributed by atoms with Crippen LogP contribution in [0.2, 0.25) is 0 Å². The van der Waals surface area contributed by atoms with Crippen LogP contribution in [0.15, 0.2) is 18.2 Å². The van der Waals surface area contributed by atoms with Crippen molar-refractivity contribution in [2.45, 2.75) is 20.0 Å². The minimum absolute atomic E-state index is 0.0396. The SMILES string of the molecule is C[C@@H]1C[C@@H]1C(=O)N1CCN(c2cc(CO)ccc2[N+](=O)[O-])CC1. The Kier molecular flexibility index (Phi) is 4.21. The van der Waals surface area contributed by atoms with Crippen molar-refractivity contribution < 1.29 is 14.8 Å². The van der Waals surface area contributed by atoms with E-state index in [1.807, 2.05) is 9.80 Å². The molecule has 1 heterocycles. The van der Waals surface area contributed by atoms with E-state index < -0.39 is 4.92 Å². The van der Waals surface area contributed by atoms with Crippen molar-refractivity contribution in [3.63, 3.8) is 0 Å². The summed E-state index contributed by atoms with van der Waals surface area (Å²) in [5.41, 5.74) is 1.21. The molecule has 23 heavy (non-hydrogen) atoms. The van der Waals surface area contributed by atoms with Crippen LogP contribution in [0, 0.1) is 22.0 Å². The van der Waals surface area contributed by atoms with E-state index in [4.69, 9.17) is 0 Å². The zero-order valence-electron chi connectivity index (χ0n) is 13.1. The number of nitro groups is 1. The Morgan fingerprint density at radius 1 is 1.35 bits per heavy atom. The normalized spacial score (nSPS) is 23.7. The average molecular weight is 319 g/mol. The molecule has 1 amide bonds. The number of nitrogens with zero attached hydrogens (tertiary/aromatic N) is 3. The molecule has 124 valence electrons. The van der Waals surface area contributed by atoms with Gasteiger partial charge >= 0.3 is 0 Å². The number of carbonyl (C=O) groups excluding carboxylic acids is 1. The number of aliphatic hydroxyl groups excluding tert-OH is 1. The first-order valence-corrected chi connectivity index (χ1v) is 7.93. The first kappa shape index (κ1) is 15.7. The lowest BCUT2D eigenvalue weighted by Gasteiger charge is -2.36. The van der Waals surface area contributed by atoms with Gasteiger partial charge in [-0.25, -0.2) is 0 Å². The number of benzene rings is 1. The fraction of sp³-hybridized carbons (Fsp3) is 0.562. The van der Waals surface area contributed by atoms with Crippen molar-refractivity contribution in [1.29, 1.82) is 0 Å². The third kappa shape index (κ3) is 3.14. The third-order valence-corrected chi connectivity index (χ3v) is 4.78. The van der Waals surface area contributed by atoms with Crippen LogP contribution in [0.3, 0.4) is 0 Å². The number of rotatable bonds is 4. The summed E-state index contributed by atoms with van der Waals surface area (Å²) in [5, 5.41) is 20.5. The monoisotopic (exact) mass is 319 g/mol. The number of hydrogen-bond acceptors (Lipinski definition) is 5. The molecule has 1 aliphatic heterocycles. The summed E-state index contributed by atoms with van der Waals surface area (Å²) in [5.74, 6) is 0.882. The van der Waals surface area contributed by atoms with Gasteiger partial charge in [0, 0.05) is 38.2 Å². The Labute approximate surface area is 134 Å². The molecule has 1 N–H and O–H groups in total. The summed E-state index contributed by atoms with van der Waals surface area (Å²) in [6.45, 7) is 4.25. The molecule has 0 bridgehead atoms. The molecule has 1 saturated heterocycles. The molecule has 1 aromatic rings. The highest BCUT2D eigenvalue weighted by Crippen LogP contribution is 2.39. The molecule has 2 atom stereocenters. The summed E-state index contributed by atoms with van der Waals surface area (Å²) in [6, 6.07) is 4.67. The highest BCUT2D eigenvalue weighted by Gasteiger charge is 2.42. The summed E-state index contributed by atoms with van der Waals surface area (Å²) in [6.07, 6.45) is 0.975. The Balaban J connectivity index is 1.72. The number of hydrogen-bond donors (Lipinski definition) is 1. The highest BCUT2D eigenvalue weighted by atomic mass is 16.6. The summed E-state index contributed by atoms with van der Waals surface area (Å²) in [4.78, 5) is 26.9. The predicted molar refractivity (Wildman–Crippen MR) is 85.1 cm³/mol. The Bertz CT molecular complexity index is 626. The first-order chi connectivity index (χ1) is 11.0. The Hall–Kier alpha value is -2.15. The summed E-state index contributed by atoms with van der Waals surface area (Å²) < 4.78 is 0. The van der Waals surface area contributed by atoms with Gasteiger partial charge in [0.1, 0.15) is 5.69 Å². The summed E-state index contributed by atoms with van der Waals surface area (Å²) >= 11 is 0. The molecule has 2 aliphatic rings. The van der Waals surface area contributed by atoms with E-state index >= 15 is 0 Å². The molecule has 0 radical (unpaired) electrons. The molecule has 2 fully saturated rings. The van der Waals surface area contributed by atoms with Gasteiger partial charge in [0.25, 0.3) is 5.69 Å². The molecular formula is C16H21N3O4. The van der Waals surface area contributed by atoms with Crippen LogP contribution in [0.5, 0.6) is 0 Å². The van der Waals surface area contributed by atoms with Crippen LogP contribution in [-0.2, 0) is 11.4 Å². The molecule has 1 aromatic carbocycles. The van der Waals surface area contributed by atoms with E-state index in [1.165, 1.54) is 6.07 Å². The number of anilines is 1. The molecule has 1 aliphatic carbocycles. The first-order valence-electron chi connectivity index (χ1n) is 7.93. The molecular weight excluding hydrogens is 298 g/mol. The van der Waals surface area contributed by atoms with Crippen molar-refractivity contribution in [1.82, 2.24) is 4.90 Å². The highest BCUT2D eigenvalue weighted by molar-refractivity contribution is 5.82. The van der Waals surface area contributed by atoms with Gasteiger partial charge < -0.3 is 14.9 Å². The van der Waals surface area contributed by atoms with E-state index in [0.717, 1.165) is 6.42 Å². The lowest BCUT2D eigenvalue weighted by Crippen LogP contribution is -2.49. The maximum absolute atomic E-state index is 12.3. The van der Waals surface area contributed by atoms with Crippen molar-refractivity contribution in [2.24, 2.45) is 11.8 Å². The molecule has 0 aromatic heterocycles. The van der Waals surface area contributed by atoms with Crippen LogP contribution >= 0.6 is 0 Å². The van der Waals surface area contributed by atoms with Gasteiger partial charge in [-0.1, -0.05) is 6.92 Å². The lowest BCUT2D eigenvalue weighted by molar-refractivity contribution is -0.384. The third-order valence-electron chi connectivity index (χ3n) is 4.78. The predicted octanol–water partition coefficient (Wildman–Crippen LogP) is 1.39. The van der Waals surface area contributed by atoms with E-state index in [0.29, 0.717) is 43.3 Å². The Morgan fingerprint density at radius 3 is 2.52 bits per heavy atom. The van der Waals surface area contributed by atoms with Crippen molar-refractivity contribution >= 4 is 17.3 Å². The van der Waals surface area contributed by atoms with Crippen LogP contribution in [0.4, 0.5) is 11.4 Å². The maximum atomic E-state index is 12.3. The van der Waals surface area contributed by atoms with E-state index in [9.17, 15) is 20.0 Å². The number of nitro benzene ring substituents is 1. The zero-order valence-corrected chi connectivity index (χ0v) is 13.1. The molecule has 1 saturated carbocycles.